The van der Waals surface area contributed by atoms with Crippen molar-refractivity contribution in [3.63, 3.8) is 0 Å². The molecule has 0 saturated carbocycles. The van der Waals surface area contributed by atoms with Crippen molar-refractivity contribution < 1.29 is 14.7 Å². The Morgan fingerprint density at radius 1 is 1.62 bits per heavy atom. The van der Waals surface area contributed by atoms with Gasteiger partial charge in [-0.25, -0.2) is 4.79 Å². The summed E-state index contributed by atoms with van der Waals surface area (Å²) < 4.78 is 0. The number of aliphatic carboxylic acids is 1. The van der Waals surface area contributed by atoms with Gasteiger partial charge in [0.25, 0.3) is 0 Å². The van der Waals surface area contributed by atoms with Crippen molar-refractivity contribution in [1.29, 1.82) is 0 Å². The van der Waals surface area contributed by atoms with Gasteiger partial charge in [0, 0.05) is 11.9 Å². The Bertz CT molecular complexity index is 398. The SMILES string of the molecule is O=CN1C(C(=O)O)CSC1c1ccccn1. The number of nitrogens with zero attached hydrogens (tertiary/aromatic N) is 2. The molecule has 1 aliphatic heterocycles. The Hall–Kier alpha value is -1.56. The second-order valence-corrected chi connectivity index (χ2v) is 4.46. The second kappa shape index (κ2) is 4.52. The topological polar surface area (TPSA) is 70.5 Å². The summed E-state index contributed by atoms with van der Waals surface area (Å²) in [4.78, 5) is 27.3. The maximum atomic E-state index is 10.9. The number of thioether (sulfide) groups is 1. The number of pyridine rings is 1. The molecule has 1 aromatic heterocycles. The molecule has 1 amide bonds. The third-order valence-electron chi connectivity index (χ3n) is 2.39. The van der Waals surface area contributed by atoms with Crippen LogP contribution in [0.25, 0.3) is 0 Å². The highest BCUT2D eigenvalue weighted by Gasteiger charge is 2.38. The number of carbonyl (C=O) groups is 2. The zero-order chi connectivity index (χ0) is 11.5. The molecule has 16 heavy (non-hydrogen) atoms. The maximum Gasteiger partial charge on any atom is 0.327 e. The van der Waals surface area contributed by atoms with Crippen LogP contribution >= 0.6 is 11.8 Å². The molecule has 0 spiro atoms. The van der Waals surface area contributed by atoms with Gasteiger partial charge >= 0.3 is 5.97 Å². The van der Waals surface area contributed by atoms with Gasteiger partial charge in [-0.05, 0) is 12.1 Å². The number of carbonyl (C=O) groups excluding carboxylic acids is 1. The molecule has 2 unspecified atom stereocenters. The standard InChI is InChI=1S/C10H10N2O3S/c13-6-12-8(10(14)15)5-16-9(12)7-3-1-2-4-11-7/h1-4,6,8-9H,5H2,(H,14,15). The van der Waals surface area contributed by atoms with E-state index in [0.717, 1.165) is 0 Å². The smallest absolute Gasteiger partial charge is 0.327 e. The number of carboxylic acids is 1. The zero-order valence-electron chi connectivity index (χ0n) is 8.31. The summed E-state index contributed by atoms with van der Waals surface area (Å²) in [7, 11) is 0. The van der Waals surface area contributed by atoms with Crippen molar-refractivity contribution in [2.75, 3.05) is 5.75 Å². The molecule has 1 aromatic rings. The third kappa shape index (κ3) is 1.88. The van der Waals surface area contributed by atoms with Crippen molar-refractivity contribution in [1.82, 2.24) is 9.88 Å². The van der Waals surface area contributed by atoms with Crippen LogP contribution in [-0.2, 0) is 9.59 Å². The fourth-order valence-corrected chi connectivity index (χ4v) is 2.96. The summed E-state index contributed by atoms with van der Waals surface area (Å²) in [6.07, 6.45) is 2.21. The van der Waals surface area contributed by atoms with E-state index >= 15 is 0 Å². The van der Waals surface area contributed by atoms with Gasteiger partial charge in [0.1, 0.15) is 11.4 Å². The summed E-state index contributed by atoms with van der Waals surface area (Å²) in [5, 5.41) is 8.65. The Morgan fingerprint density at radius 2 is 2.44 bits per heavy atom. The molecule has 84 valence electrons. The molecule has 2 atom stereocenters. The molecule has 6 heteroatoms. The van der Waals surface area contributed by atoms with E-state index < -0.39 is 12.0 Å². The number of aromatic nitrogens is 1. The molecular formula is C10H10N2O3S. The average molecular weight is 238 g/mol. The second-order valence-electron chi connectivity index (χ2n) is 3.35. The van der Waals surface area contributed by atoms with Gasteiger partial charge in [0.05, 0.1) is 5.69 Å². The van der Waals surface area contributed by atoms with E-state index in [1.54, 1.807) is 18.3 Å². The van der Waals surface area contributed by atoms with Gasteiger partial charge in [0.15, 0.2) is 0 Å². The third-order valence-corrected chi connectivity index (χ3v) is 3.70. The normalized spacial score (nSPS) is 24.4. The van der Waals surface area contributed by atoms with Crippen LogP contribution in [-0.4, -0.2) is 39.2 Å². The predicted octanol–water partition coefficient (Wildman–Crippen LogP) is 0.739. The summed E-state index contributed by atoms with van der Waals surface area (Å²) in [6.45, 7) is 0. The Labute approximate surface area is 96.5 Å². The molecular weight excluding hydrogens is 228 g/mol. The lowest BCUT2D eigenvalue weighted by Gasteiger charge is -2.21. The van der Waals surface area contributed by atoms with Crippen molar-refractivity contribution in [3.8, 4) is 0 Å². The fourth-order valence-electron chi connectivity index (χ4n) is 1.61. The number of hydrogen-bond acceptors (Lipinski definition) is 4. The van der Waals surface area contributed by atoms with Crippen LogP contribution < -0.4 is 0 Å². The highest BCUT2D eigenvalue weighted by molar-refractivity contribution is 7.99. The van der Waals surface area contributed by atoms with Crippen LogP contribution in [0, 0.1) is 0 Å². The first-order valence-electron chi connectivity index (χ1n) is 4.72. The first kappa shape index (κ1) is 10.9. The summed E-state index contributed by atoms with van der Waals surface area (Å²) >= 11 is 1.42. The van der Waals surface area contributed by atoms with Crippen molar-refractivity contribution in [3.05, 3.63) is 30.1 Å². The minimum absolute atomic E-state index is 0.292. The number of amides is 1. The highest BCUT2D eigenvalue weighted by atomic mass is 32.2. The van der Waals surface area contributed by atoms with Crippen LogP contribution in [0.4, 0.5) is 0 Å². The molecule has 1 N–H and O–H groups in total. The van der Waals surface area contributed by atoms with Crippen molar-refractivity contribution in [2.45, 2.75) is 11.4 Å². The number of rotatable bonds is 3. The lowest BCUT2D eigenvalue weighted by molar-refractivity contribution is -0.145. The van der Waals surface area contributed by atoms with Crippen LogP contribution in [0.5, 0.6) is 0 Å². The quantitative estimate of drug-likeness (QED) is 0.786. The number of carboxylic acid groups (broad SMARTS) is 1. The van der Waals surface area contributed by atoms with E-state index in [4.69, 9.17) is 5.11 Å². The fraction of sp³-hybridized carbons (Fsp3) is 0.300. The van der Waals surface area contributed by atoms with Gasteiger partial charge < -0.3 is 10.0 Å². The Kier molecular flexibility index (Phi) is 3.09. The zero-order valence-corrected chi connectivity index (χ0v) is 9.13. The minimum atomic E-state index is -0.974. The summed E-state index contributed by atoms with van der Waals surface area (Å²) in [5.41, 5.74) is 0.711. The van der Waals surface area contributed by atoms with Gasteiger partial charge in [-0.3, -0.25) is 9.78 Å². The van der Waals surface area contributed by atoms with Gasteiger partial charge in [-0.2, -0.15) is 0 Å². The maximum absolute atomic E-state index is 10.9. The van der Waals surface area contributed by atoms with Gasteiger partial charge in [0.2, 0.25) is 6.41 Å². The molecule has 0 radical (unpaired) electrons. The Morgan fingerprint density at radius 3 is 3.00 bits per heavy atom. The van der Waals surface area contributed by atoms with Crippen LogP contribution in [0.2, 0.25) is 0 Å². The van der Waals surface area contributed by atoms with Crippen LogP contribution in [0.15, 0.2) is 24.4 Å². The molecule has 2 heterocycles. The lowest BCUT2D eigenvalue weighted by Crippen LogP contribution is -2.37. The summed E-state index contributed by atoms with van der Waals surface area (Å²) in [6, 6.07) is 4.64. The van der Waals surface area contributed by atoms with E-state index in [1.807, 2.05) is 6.07 Å². The molecule has 5 nitrogen and oxygen atoms in total. The van der Waals surface area contributed by atoms with E-state index in [9.17, 15) is 9.59 Å². The molecule has 1 fully saturated rings. The first-order chi connectivity index (χ1) is 7.74. The predicted molar refractivity (Wildman–Crippen MR) is 58.8 cm³/mol. The largest absolute Gasteiger partial charge is 0.480 e. The van der Waals surface area contributed by atoms with Gasteiger partial charge in [-0.1, -0.05) is 6.07 Å². The molecule has 2 rings (SSSR count). The van der Waals surface area contributed by atoms with E-state index in [-0.39, 0.29) is 5.37 Å². The molecule has 1 aliphatic rings. The lowest BCUT2D eigenvalue weighted by atomic mass is 10.2. The van der Waals surface area contributed by atoms with Crippen LogP contribution in [0.3, 0.4) is 0 Å². The number of hydrogen-bond donors (Lipinski definition) is 1. The molecule has 0 aliphatic carbocycles. The van der Waals surface area contributed by atoms with E-state index in [0.29, 0.717) is 17.9 Å². The Balaban J connectivity index is 2.24. The van der Waals surface area contributed by atoms with E-state index in [1.165, 1.54) is 16.7 Å². The molecule has 0 bridgehead atoms. The monoisotopic (exact) mass is 238 g/mol. The average Bonchev–Trinajstić information content (AvgIpc) is 2.73. The highest BCUT2D eigenvalue weighted by Crippen LogP contribution is 2.39. The first-order valence-corrected chi connectivity index (χ1v) is 5.77. The van der Waals surface area contributed by atoms with E-state index in [2.05, 4.69) is 4.98 Å². The summed E-state index contributed by atoms with van der Waals surface area (Å²) in [5.74, 6) is -0.576. The molecule has 0 aromatic carbocycles. The van der Waals surface area contributed by atoms with Crippen molar-refractivity contribution in [2.24, 2.45) is 0 Å². The minimum Gasteiger partial charge on any atom is -0.480 e. The van der Waals surface area contributed by atoms with Crippen LogP contribution in [0.1, 0.15) is 11.1 Å². The van der Waals surface area contributed by atoms with Crippen molar-refractivity contribution >= 4 is 24.1 Å². The molecule has 1 saturated heterocycles. The van der Waals surface area contributed by atoms with Gasteiger partial charge in [-0.15, -0.1) is 11.8 Å².